The van der Waals surface area contributed by atoms with Gasteiger partial charge in [-0.25, -0.2) is 8.42 Å². The van der Waals surface area contributed by atoms with Gasteiger partial charge in [0.2, 0.25) is 11.8 Å². The molecule has 4 aromatic carbocycles. The summed E-state index contributed by atoms with van der Waals surface area (Å²) in [5.41, 5.74) is 2.75. The summed E-state index contributed by atoms with van der Waals surface area (Å²) in [6, 6.07) is 26.6. The van der Waals surface area contributed by atoms with Crippen LogP contribution >= 0.6 is 23.2 Å². The topological polar surface area (TPSA) is 96.0 Å². The van der Waals surface area contributed by atoms with Gasteiger partial charge in [0.25, 0.3) is 10.0 Å². The Morgan fingerprint density at radius 2 is 1.55 bits per heavy atom. The third-order valence-corrected chi connectivity index (χ3v) is 11.2. The van der Waals surface area contributed by atoms with Gasteiger partial charge in [0.15, 0.2) is 0 Å². The van der Waals surface area contributed by atoms with Crippen LogP contribution < -0.4 is 14.4 Å². The summed E-state index contributed by atoms with van der Waals surface area (Å²) in [7, 11) is -4.24. The lowest BCUT2D eigenvalue weighted by Crippen LogP contribution is -2.54. The average Bonchev–Trinajstić information content (AvgIpc) is 3.61. The van der Waals surface area contributed by atoms with E-state index in [0.29, 0.717) is 33.7 Å². The molecule has 0 radical (unpaired) electrons. The Bertz CT molecular complexity index is 1830. The molecule has 1 aliphatic rings. The van der Waals surface area contributed by atoms with E-state index in [1.807, 2.05) is 44.2 Å². The number of sulfonamides is 1. The van der Waals surface area contributed by atoms with Crippen molar-refractivity contribution in [1.82, 2.24) is 10.2 Å². The maximum absolute atomic E-state index is 14.7. The minimum atomic E-state index is -4.24. The minimum Gasteiger partial charge on any atom is -0.494 e. The molecule has 0 heterocycles. The lowest BCUT2D eigenvalue weighted by atomic mass is 10.0. The first kappa shape index (κ1) is 36.2. The smallest absolute Gasteiger partial charge is 0.264 e. The molecule has 0 bridgehead atoms. The third kappa shape index (κ3) is 9.35. The number of amides is 2. The molecule has 5 rings (SSSR count). The lowest BCUT2D eigenvalue weighted by Gasteiger charge is -2.34. The van der Waals surface area contributed by atoms with Gasteiger partial charge in [-0.1, -0.05) is 90.1 Å². The van der Waals surface area contributed by atoms with Crippen LogP contribution in [0.3, 0.4) is 0 Å². The summed E-state index contributed by atoms with van der Waals surface area (Å²) in [4.78, 5) is 30.3. The van der Waals surface area contributed by atoms with Crippen molar-refractivity contribution in [2.75, 3.05) is 17.5 Å². The Morgan fingerprint density at radius 1 is 0.878 bits per heavy atom. The number of benzene rings is 4. The first-order valence-electron chi connectivity index (χ1n) is 16.4. The fraction of sp³-hybridized carbons (Fsp3) is 0.316. The number of carbonyl (C=O) groups excluding carboxylic acids is 2. The molecule has 2 amide bonds. The SMILES string of the molecule is CCOc1ccc(S(=O)(=O)N(CC(=O)N(Cc2ccc(Cl)c(Cl)c2)[C@H](Cc2ccccc2)C(=O)NC2CCCC2)c2ccc(C)cc2)cc1. The minimum absolute atomic E-state index is 0.000160. The van der Waals surface area contributed by atoms with Gasteiger partial charge in [0.05, 0.1) is 27.2 Å². The summed E-state index contributed by atoms with van der Waals surface area (Å²) < 4.78 is 35.2. The third-order valence-electron chi connectivity index (χ3n) is 8.63. The molecular weight excluding hydrogens is 681 g/mol. The van der Waals surface area contributed by atoms with E-state index < -0.39 is 28.5 Å². The van der Waals surface area contributed by atoms with Gasteiger partial charge in [-0.2, -0.15) is 0 Å². The predicted molar refractivity (Wildman–Crippen MR) is 195 cm³/mol. The molecule has 1 atom stereocenters. The molecule has 258 valence electrons. The number of nitrogens with one attached hydrogen (secondary N) is 1. The van der Waals surface area contributed by atoms with Crippen molar-refractivity contribution in [2.45, 2.75) is 69.5 Å². The highest BCUT2D eigenvalue weighted by atomic mass is 35.5. The molecule has 8 nitrogen and oxygen atoms in total. The van der Waals surface area contributed by atoms with E-state index in [1.165, 1.54) is 17.0 Å². The standard InChI is InChI=1S/C38H41Cl2N3O5S/c1-3-48-32-18-20-33(21-19-32)49(46,47)43(31-16-13-27(2)14-17-31)26-37(44)42(25-29-15-22-34(39)35(40)23-29)36(24-28-9-5-4-6-10-28)38(45)41-30-11-7-8-12-30/h4-6,9-10,13-23,30,36H,3,7-8,11-12,24-26H2,1-2H3,(H,41,45)/t36-/m1/s1. The van der Waals surface area contributed by atoms with Gasteiger partial charge in [0.1, 0.15) is 18.3 Å². The number of hydrogen-bond acceptors (Lipinski definition) is 5. The maximum Gasteiger partial charge on any atom is 0.264 e. The highest BCUT2D eigenvalue weighted by molar-refractivity contribution is 7.92. The molecule has 0 spiro atoms. The van der Waals surface area contributed by atoms with Crippen molar-refractivity contribution in [3.8, 4) is 5.75 Å². The predicted octanol–water partition coefficient (Wildman–Crippen LogP) is 7.59. The van der Waals surface area contributed by atoms with Crippen molar-refractivity contribution in [1.29, 1.82) is 0 Å². The zero-order valence-electron chi connectivity index (χ0n) is 27.6. The van der Waals surface area contributed by atoms with Crippen molar-refractivity contribution in [3.05, 3.63) is 124 Å². The zero-order chi connectivity index (χ0) is 35.0. The van der Waals surface area contributed by atoms with E-state index in [2.05, 4.69) is 5.32 Å². The summed E-state index contributed by atoms with van der Waals surface area (Å²) in [6.45, 7) is 3.62. The van der Waals surface area contributed by atoms with Crippen LogP contribution in [0.2, 0.25) is 10.0 Å². The van der Waals surface area contributed by atoms with Crippen molar-refractivity contribution < 1.29 is 22.7 Å². The van der Waals surface area contributed by atoms with E-state index in [9.17, 15) is 18.0 Å². The molecule has 0 aliphatic heterocycles. The summed E-state index contributed by atoms with van der Waals surface area (Å²) in [5, 5.41) is 3.84. The van der Waals surface area contributed by atoms with E-state index >= 15 is 0 Å². The van der Waals surface area contributed by atoms with Crippen LogP contribution in [-0.2, 0) is 32.6 Å². The fourth-order valence-corrected chi connectivity index (χ4v) is 7.73. The van der Waals surface area contributed by atoms with Crippen LogP contribution in [0, 0.1) is 6.92 Å². The molecule has 1 N–H and O–H groups in total. The molecule has 0 aromatic heterocycles. The number of halogens is 2. The lowest BCUT2D eigenvalue weighted by molar-refractivity contribution is -0.140. The number of hydrogen-bond donors (Lipinski definition) is 1. The van der Waals surface area contributed by atoms with Gasteiger partial charge < -0.3 is 15.0 Å². The van der Waals surface area contributed by atoms with Gasteiger partial charge in [-0.05, 0) is 86.3 Å². The van der Waals surface area contributed by atoms with Gasteiger partial charge in [0, 0.05) is 19.0 Å². The summed E-state index contributed by atoms with van der Waals surface area (Å²) in [6.07, 6.45) is 4.00. The molecule has 0 unspecified atom stereocenters. The number of anilines is 1. The maximum atomic E-state index is 14.7. The first-order chi connectivity index (χ1) is 23.5. The first-order valence-corrected chi connectivity index (χ1v) is 18.6. The Hall–Kier alpha value is -4.05. The van der Waals surface area contributed by atoms with Crippen LogP contribution in [0.5, 0.6) is 5.75 Å². The molecule has 49 heavy (non-hydrogen) atoms. The van der Waals surface area contributed by atoms with E-state index in [1.54, 1.807) is 54.6 Å². The number of ether oxygens (including phenoxy) is 1. The Morgan fingerprint density at radius 3 is 2.18 bits per heavy atom. The van der Waals surface area contributed by atoms with Gasteiger partial charge in [-0.3, -0.25) is 13.9 Å². The Kier molecular flexibility index (Phi) is 12.3. The van der Waals surface area contributed by atoms with E-state index in [-0.39, 0.29) is 29.8 Å². The monoisotopic (exact) mass is 721 g/mol. The molecule has 0 saturated heterocycles. The van der Waals surface area contributed by atoms with Crippen LogP contribution in [0.4, 0.5) is 5.69 Å². The zero-order valence-corrected chi connectivity index (χ0v) is 30.0. The second-order valence-corrected chi connectivity index (χ2v) is 14.9. The molecular formula is C38H41Cl2N3O5S. The second kappa shape index (κ2) is 16.6. The van der Waals surface area contributed by atoms with Crippen LogP contribution in [0.25, 0.3) is 0 Å². The molecule has 1 fully saturated rings. The van der Waals surface area contributed by atoms with Crippen molar-refractivity contribution >= 4 is 50.7 Å². The Labute approximate surface area is 299 Å². The summed E-state index contributed by atoms with van der Waals surface area (Å²) >= 11 is 12.6. The van der Waals surface area contributed by atoms with E-state index in [4.69, 9.17) is 27.9 Å². The molecule has 11 heteroatoms. The highest BCUT2D eigenvalue weighted by Gasteiger charge is 2.35. The molecule has 1 aliphatic carbocycles. The van der Waals surface area contributed by atoms with Crippen LogP contribution in [0.1, 0.15) is 49.3 Å². The Balaban J connectivity index is 1.56. The van der Waals surface area contributed by atoms with Crippen molar-refractivity contribution in [2.24, 2.45) is 0 Å². The van der Waals surface area contributed by atoms with Crippen LogP contribution in [-0.4, -0.2) is 50.4 Å². The van der Waals surface area contributed by atoms with Crippen LogP contribution in [0.15, 0.2) is 102 Å². The highest BCUT2D eigenvalue weighted by Crippen LogP contribution is 2.28. The van der Waals surface area contributed by atoms with Gasteiger partial charge >= 0.3 is 0 Å². The number of carbonyl (C=O) groups is 2. The largest absolute Gasteiger partial charge is 0.494 e. The summed E-state index contributed by atoms with van der Waals surface area (Å²) in [5.74, 6) is -0.312. The average molecular weight is 723 g/mol. The molecule has 4 aromatic rings. The fourth-order valence-electron chi connectivity index (χ4n) is 6.00. The second-order valence-electron chi connectivity index (χ2n) is 12.2. The number of aryl methyl sites for hydroxylation is 1. The van der Waals surface area contributed by atoms with E-state index in [0.717, 1.165) is 41.1 Å². The van der Waals surface area contributed by atoms with Crippen molar-refractivity contribution in [3.63, 3.8) is 0 Å². The quantitative estimate of drug-likeness (QED) is 0.145. The molecule has 1 saturated carbocycles. The number of rotatable bonds is 14. The normalized spacial score (nSPS) is 13.9. The number of nitrogens with zero attached hydrogens (tertiary/aromatic N) is 2. The van der Waals surface area contributed by atoms with Gasteiger partial charge in [-0.15, -0.1) is 0 Å².